The molecule has 0 amide bonds. The van der Waals surface area contributed by atoms with Crippen LogP contribution in [0.2, 0.25) is 0 Å². The molecule has 0 saturated heterocycles. The molecule has 0 saturated carbocycles. The number of nitro groups is 1. The Morgan fingerprint density at radius 3 is 2.75 bits per heavy atom. The monoisotopic (exact) mass is 278 g/mol. The first kappa shape index (κ1) is 15.8. The summed E-state index contributed by atoms with van der Waals surface area (Å²) < 4.78 is 5.02. The molecule has 0 fully saturated rings. The minimum absolute atomic E-state index is 0.115. The molecule has 0 aliphatic heterocycles. The zero-order valence-corrected chi connectivity index (χ0v) is 11.7. The van der Waals surface area contributed by atoms with Gasteiger partial charge in [0.2, 0.25) is 0 Å². The summed E-state index contributed by atoms with van der Waals surface area (Å²) in [5.74, 6) is -0.324. The highest BCUT2D eigenvalue weighted by atomic mass is 16.6. The largest absolute Gasteiger partial charge is 0.383 e. The van der Waals surface area contributed by atoms with Crippen molar-refractivity contribution < 1.29 is 14.5 Å². The molecule has 0 aromatic heterocycles. The van der Waals surface area contributed by atoms with Crippen LogP contribution in [-0.4, -0.2) is 37.5 Å². The third kappa shape index (κ3) is 3.89. The third-order valence-electron chi connectivity index (χ3n) is 2.84. The van der Waals surface area contributed by atoms with Gasteiger partial charge in [0.1, 0.15) is 0 Å². The lowest BCUT2D eigenvalue weighted by Crippen LogP contribution is -2.27. The van der Waals surface area contributed by atoms with E-state index in [9.17, 15) is 14.9 Å². The number of ether oxygens (including phenoxy) is 1. The van der Waals surface area contributed by atoms with Crippen molar-refractivity contribution in [1.29, 1.82) is 0 Å². The highest BCUT2D eigenvalue weighted by molar-refractivity contribution is 5.98. The first-order valence-corrected chi connectivity index (χ1v) is 6.15. The van der Waals surface area contributed by atoms with Crippen LogP contribution >= 0.6 is 0 Å². The number of hydrogen-bond acceptors (Lipinski definition) is 5. The third-order valence-corrected chi connectivity index (χ3v) is 2.84. The Morgan fingerprint density at radius 1 is 1.55 bits per heavy atom. The van der Waals surface area contributed by atoms with Gasteiger partial charge in [0.05, 0.1) is 17.1 Å². The molecular formula is C14H18N2O4. The molecule has 20 heavy (non-hydrogen) atoms. The molecule has 6 heteroatoms. The van der Waals surface area contributed by atoms with Gasteiger partial charge in [0.15, 0.2) is 5.78 Å². The summed E-state index contributed by atoms with van der Waals surface area (Å²) in [6.07, 6.45) is 1.71. The van der Waals surface area contributed by atoms with Gasteiger partial charge < -0.3 is 9.64 Å². The molecule has 0 bridgehead atoms. The number of hydrogen-bond donors (Lipinski definition) is 0. The van der Waals surface area contributed by atoms with Gasteiger partial charge >= 0.3 is 0 Å². The second-order valence-corrected chi connectivity index (χ2v) is 4.24. The molecule has 0 spiro atoms. The lowest BCUT2D eigenvalue weighted by Gasteiger charge is -2.23. The van der Waals surface area contributed by atoms with Crippen molar-refractivity contribution in [3.63, 3.8) is 0 Å². The molecule has 108 valence electrons. The van der Waals surface area contributed by atoms with Crippen LogP contribution in [0, 0.1) is 10.1 Å². The van der Waals surface area contributed by atoms with Gasteiger partial charge in [-0.15, -0.1) is 6.58 Å². The Balaban J connectivity index is 3.16. The average Bonchev–Trinajstić information content (AvgIpc) is 2.42. The Hall–Kier alpha value is -2.21. The molecule has 0 heterocycles. The Labute approximate surface area is 117 Å². The second-order valence-electron chi connectivity index (χ2n) is 4.24. The van der Waals surface area contributed by atoms with E-state index in [1.54, 1.807) is 19.3 Å². The van der Waals surface area contributed by atoms with Gasteiger partial charge in [-0.1, -0.05) is 6.08 Å². The number of methoxy groups -OCH3 is 1. The van der Waals surface area contributed by atoms with E-state index in [0.717, 1.165) is 0 Å². The number of benzene rings is 1. The SMILES string of the molecule is C=CCN(CCOC)c1ccc(C(C)=O)c([N+](=O)[O-])c1. The van der Waals surface area contributed by atoms with Crippen LogP contribution in [0.15, 0.2) is 30.9 Å². The summed E-state index contributed by atoms with van der Waals surface area (Å²) in [6, 6.07) is 4.59. The van der Waals surface area contributed by atoms with Crippen molar-refractivity contribution in [3.05, 3.63) is 46.5 Å². The van der Waals surface area contributed by atoms with Crippen LogP contribution in [0.25, 0.3) is 0 Å². The zero-order chi connectivity index (χ0) is 15.1. The highest BCUT2D eigenvalue weighted by Crippen LogP contribution is 2.26. The van der Waals surface area contributed by atoms with E-state index in [4.69, 9.17) is 4.74 Å². The molecular weight excluding hydrogens is 260 g/mol. The number of nitro benzene ring substituents is 1. The Morgan fingerprint density at radius 2 is 2.25 bits per heavy atom. The van der Waals surface area contributed by atoms with Crippen molar-refractivity contribution in [2.24, 2.45) is 0 Å². The molecule has 1 rings (SSSR count). The number of ketones is 1. The van der Waals surface area contributed by atoms with E-state index in [1.807, 2.05) is 4.90 Å². The van der Waals surface area contributed by atoms with Gasteiger partial charge in [-0.3, -0.25) is 14.9 Å². The fourth-order valence-electron chi connectivity index (χ4n) is 1.85. The smallest absolute Gasteiger partial charge is 0.282 e. The zero-order valence-electron chi connectivity index (χ0n) is 11.7. The predicted molar refractivity (Wildman–Crippen MR) is 77.4 cm³/mol. The molecule has 1 aromatic carbocycles. The second kappa shape index (κ2) is 7.40. The maximum atomic E-state index is 11.4. The van der Waals surface area contributed by atoms with Gasteiger partial charge in [-0.25, -0.2) is 0 Å². The summed E-state index contributed by atoms with van der Waals surface area (Å²) in [5, 5.41) is 11.1. The van der Waals surface area contributed by atoms with Crippen LogP contribution in [0.5, 0.6) is 0 Å². The number of carbonyl (C=O) groups excluding carboxylic acids is 1. The van der Waals surface area contributed by atoms with Gasteiger partial charge in [-0.2, -0.15) is 0 Å². The summed E-state index contributed by atoms with van der Waals surface area (Å²) in [5.41, 5.74) is 0.601. The van der Waals surface area contributed by atoms with Gasteiger partial charge in [-0.05, 0) is 19.1 Å². The Kier molecular flexibility index (Phi) is 5.86. The van der Waals surface area contributed by atoms with Crippen LogP contribution in [0.3, 0.4) is 0 Å². The van der Waals surface area contributed by atoms with E-state index < -0.39 is 4.92 Å². The standard InChI is InChI=1S/C14H18N2O4/c1-4-7-15(8-9-20-3)12-5-6-13(11(2)17)14(10-12)16(18)19/h4-6,10H,1,7-9H2,2-3H3. The van der Waals surface area contributed by atoms with E-state index in [0.29, 0.717) is 25.4 Å². The number of nitrogens with zero attached hydrogens (tertiary/aromatic N) is 2. The maximum absolute atomic E-state index is 11.4. The number of rotatable bonds is 8. The van der Waals surface area contributed by atoms with Crippen LogP contribution in [0.4, 0.5) is 11.4 Å². The van der Waals surface area contributed by atoms with E-state index in [-0.39, 0.29) is 17.0 Å². The van der Waals surface area contributed by atoms with Crippen LogP contribution in [-0.2, 0) is 4.74 Å². The minimum Gasteiger partial charge on any atom is -0.383 e. The maximum Gasteiger partial charge on any atom is 0.282 e. The lowest BCUT2D eigenvalue weighted by atomic mass is 10.1. The number of anilines is 1. The van der Waals surface area contributed by atoms with Crippen molar-refractivity contribution in [2.75, 3.05) is 31.7 Å². The van der Waals surface area contributed by atoms with Crippen molar-refractivity contribution in [1.82, 2.24) is 0 Å². The highest BCUT2D eigenvalue weighted by Gasteiger charge is 2.19. The molecule has 1 aromatic rings. The summed E-state index contributed by atoms with van der Waals surface area (Å²) in [7, 11) is 1.59. The van der Waals surface area contributed by atoms with Crippen molar-refractivity contribution >= 4 is 17.2 Å². The molecule has 0 atom stereocenters. The first-order chi connectivity index (χ1) is 9.51. The normalized spacial score (nSPS) is 10.1. The average molecular weight is 278 g/mol. The van der Waals surface area contributed by atoms with E-state index in [2.05, 4.69) is 6.58 Å². The van der Waals surface area contributed by atoms with Crippen LogP contribution < -0.4 is 4.90 Å². The van der Waals surface area contributed by atoms with Gasteiger partial charge in [0, 0.05) is 32.0 Å². The molecule has 0 unspecified atom stereocenters. The van der Waals surface area contributed by atoms with Crippen LogP contribution in [0.1, 0.15) is 17.3 Å². The Bertz CT molecular complexity index is 514. The lowest BCUT2D eigenvalue weighted by molar-refractivity contribution is -0.385. The predicted octanol–water partition coefficient (Wildman–Crippen LogP) is 2.44. The van der Waals surface area contributed by atoms with Gasteiger partial charge in [0.25, 0.3) is 5.69 Å². The molecule has 0 aliphatic rings. The molecule has 0 radical (unpaired) electrons. The quantitative estimate of drug-likeness (QED) is 0.316. The van der Waals surface area contributed by atoms with E-state index >= 15 is 0 Å². The van der Waals surface area contributed by atoms with E-state index in [1.165, 1.54) is 19.1 Å². The molecule has 6 nitrogen and oxygen atoms in total. The van der Waals surface area contributed by atoms with Crippen molar-refractivity contribution in [3.8, 4) is 0 Å². The summed E-state index contributed by atoms with van der Waals surface area (Å²) in [6.45, 7) is 6.60. The molecule has 0 N–H and O–H groups in total. The topological polar surface area (TPSA) is 72.7 Å². The first-order valence-electron chi connectivity index (χ1n) is 6.15. The number of Topliss-reactive ketones (excluding diaryl/α,β-unsaturated/α-hetero) is 1. The fourth-order valence-corrected chi connectivity index (χ4v) is 1.85. The summed E-state index contributed by atoms with van der Waals surface area (Å²) >= 11 is 0. The van der Waals surface area contributed by atoms with Crippen molar-refractivity contribution in [2.45, 2.75) is 6.92 Å². The fraction of sp³-hybridized carbons (Fsp3) is 0.357. The summed E-state index contributed by atoms with van der Waals surface area (Å²) in [4.78, 5) is 23.8. The minimum atomic E-state index is -0.539. The number of carbonyl (C=O) groups is 1. The molecule has 0 aliphatic carbocycles.